The molecule has 1 aliphatic rings. The number of rotatable bonds is 0. The van der Waals surface area contributed by atoms with E-state index in [4.69, 9.17) is 0 Å². The molecule has 0 fully saturated rings. The molecule has 6 N–H and O–H groups in total. The minimum Gasteiger partial charge on any atom is -1.00 e. The Bertz CT molecular complexity index is 455. The number of fused-ring (bicyclic) bond motifs is 1. The molecule has 0 unspecified atom stereocenters. The fraction of sp³-hybridized carbons (Fsp3) is 0. The van der Waals surface area contributed by atoms with Gasteiger partial charge in [0.2, 0.25) is 0 Å². The molecule has 0 aromatic heterocycles. The molecule has 2 rings (SSSR count). The van der Waals surface area contributed by atoms with Crippen molar-refractivity contribution < 1.29 is 86.7 Å². The number of hydrogen-bond donors (Lipinski definition) is 2. The van der Waals surface area contributed by atoms with E-state index in [0.717, 1.165) is 24.3 Å². The van der Waals surface area contributed by atoms with Gasteiger partial charge in [0.05, 0.1) is 0 Å². The van der Waals surface area contributed by atoms with Crippen LogP contribution in [0.1, 0.15) is 20.7 Å². The summed E-state index contributed by atoms with van der Waals surface area (Å²) in [5.41, 5.74) is -0.602. The Morgan fingerprint density at radius 1 is 0.700 bits per heavy atom. The minimum absolute atomic E-state index is 0. The zero-order valence-corrected chi connectivity index (χ0v) is 15.8. The molecule has 0 radical (unpaired) electrons. The Morgan fingerprint density at radius 3 is 1.20 bits per heavy atom. The molecule has 1 aliphatic carbocycles. The van der Waals surface area contributed by atoms with Gasteiger partial charge in [0, 0.05) is 11.1 Å². The van der Waals surface area contributed by atoms with Gasteiger partial charge in [-0.2, -0.15) is 0 Å². The van der Waals surface area contributed by atoms with Crippen LogP contribution >= 0.6 is 0 Å². The number of carbonyl (C=O) groups excluding carboxylic acids is 2. The van der Waals surface area contributed by atoms with Gasteiger partial charge in [0.1, 0.15) is 0 Å². The molecule has 0 saturated carbocycles. The maximum atomic E-state index is 11.2. The van der Waals surface area contributed by atoms with Gasteiger partial charge in [-0.3, -0.25) is 9.59 Å². The van der Waals surface area contributed by atoms with Gasteiger partial charge in [0.15, 0.2) is 11.6 Å². The zero-order chi connectivity index (χ0) is 10.3. The van der Waals surface area contributed by atoms with E-state index >= 15 is 0 Å². The predicted molar refractivity (Wildman–Crippen MR) is 53.2 cm³/mol. The van der Waals surface area contributed by atoms with Crippen LogP contribution in [0.25, 0.3) is 0 Å². The zero-order valence-electron chi connectivity index (χ0n) is 9.74. The Morgan fingerprint density at radius 2 is 0.950 bits per heavy atom. The summed E-state index contributed by atoms with van der Waals surface area (Å²) in [5, 5.41) is 22.5. The van der Waals surface area contributed by atoms with E-state index in [1.807, 2.05) is 0 Å². The summed E-state index contributed by atoms with van der Waals surface area (Å²) in [6, 6.07) is 2.01. The molecule has 118 valence electrons. The molecule has 10 heteroatoms. The van der Waals surface area contributed by atoms with Crippen LogP contribution in [-0.4, -0.2) is 11.6 Å². The second kappa shape index (κ2) is 12.5. The summed E-state index contributed by atoms with van der Waals surface area (Å²) in [4.78, 5) is 22.5. The van der Waals surface area contributed by atoms with E-state index in [1.54, 1.807) is 0 Å². The predicted octanol–water partition coefficient (Wildman–Crippen LogP) is -5.90. The molecule has 0 bridgehead atoms. The normalized spacial score (nSPS) is 10.0. The SMILES string of the molecule is N.N.O=C1C=CC(=O)c2c([O-])ccc([O-])c21.[Cl-].[Cl-].[Pt+2].[Pt+2]. The van der Waals surface area contributed by atoms with Crippen LogP contribution in [0.5, 0.6) is 11.5 Å². The Kier molecular flexibility index (Phi) is 20.0. The molecule has 1 aromatic carbocycles. The van der Waals surface area contributed by atoms with Gasteiger partial charge < -0.3 is 47.3 Å². The van der Waals surface area contributed by atoms with E-state index in [1.165, 1.54) is 0 Å². The first-order valence-electron chi connectivity index (χ1n) is 3.89. The average Bonchev–Trinajstić information content (AvgIpc) is 2.16. The molecule has 0 aliphatic heterocycles. The molecular formula is C10H10Cl2N2O4Pt2. The molecule has 1 aromatic rings. The smallest absolute Gasteiger partial charge is 1.00 e. The first-order valence-corrected chi connectivity index (χ1v) is 3.89. The Labute approximate surface area is 156 Å². The van der Waals surface area contributed by atoms with E-state index < -0.39 is 23.1 Å². The molecule has 0 atom stereocenters. The van der Waals surface area contributed by atoms with Crippen LogP contribution in [-0.2, 0) is 42.1 Å². The number of ketones is 2. The van der Waals surface area contributed by atoms with E-state index in [0.29, 0.717) is 0 Å². The molecule has 20 heavy (non-hydrogen) atoms. The van der Waals surface area contributed by atoms with Crippen molar-refractivity contribution in [2.24, 2.45) is 0 Å². The van der Waals surface area contributed by atoms with E-state index in [9.17, 15) is 19.8 Å². The first kappa shape index (κ1) is 31.9. The van der Waals surface area contributed by atoms with Crippen molar-refractivity contribution in [2.45, 2.75) is 0 Å². The van der Waals surface area contributed by atoms with Crippen molar-refractivity contribution in [2.75, 3.05) is 0 Å². The van der Waals surface area contributed by atoms with E-state index in [2.05, 4.69) is 0 Å². The average molecular weight is 683 g/mol. The van der Waals surface area contributed by atoms with Crippen molar-refractivity contribution >= 4 is 11.6 Å². The summed E-state index contributed by atoms with van der Waals surface area (Å²) in [6.45, 7) is 0. The topological polar surface area (TPSA) is 150 Å². The van der Waals surface area contributed by atoms with Crippen molar-refractivity contribution in [3.8, 4) is 11.5 Å². The van der Waals surface area contributed by atoms with Gasteiger partial charge >= 0.3 is 42.1 Å². The number of allylic oxidation sites excluding steroid dienone is 2. The van der Waals surface area contributed by atoms with Crippen LogP contribution in [0.2, 0.25) is 0 Å². The molecule has 6 nitrogen and oxygen atoms in total. The van der Waals surface area contributed by atoms with Crippen LogP contribution < -0.4 is 47.3 Å². The molecule has 0 spiro atoms. The number of halogens is 2. The second-order valence-corrected chi connectivity index (χ2v) is 2.87. The Balaban J connectivity index is -0.000000125. The van der Waals surface area contributed by atoms with Gasteiger partial charge in [-0.05, 0) is 12.2 Å². The van der Waals surface area contributed by atoms with Crippen LogP contribution in [0.15, 0.2) is 24.3 Å². The standard InChI is InChI=1S/C10H6O4.2ClH.2H3N.2Pt/c11-5-1-2-6(12)10-8(14)4-3-7(13)9(5)10;;;;;;/h1-4,11-12H;2*1H;2*1H3;;/q;;;;;2*+2/p-4. The summed E-state index contributed by atoms with van der Waals surface area (Å²) in [7, 11) is 0. The van der Waals surface area contributed by atoms with Crippen LogP contribution in [0.4, 0.5) is 0 Å². The molecular weight excluding hydrogens is 673 g/mol. The molecule has 0 heterocycles. The number of carbonyl (C=O) groups is 2. The fourth-order valence-electron chi connectivity index (χ4n) is 1.37. The monoisotopic (exact) mass is 682 g/mol. The van der Waals surface area contributed by atoms with Crippen molar-refractivity contribution in [1.82, 2.24) is 12.3 Å². The van der Waals surface area contributed by atoms with Gasteiger partial charge in [-0.15, -0.1) is 0 Å². The summed E-state index contributed by atoms with van der Waals surface area (Å²) < 4.78 is 0. The third-order valence-corrected chi connectivity index (χ3v) is 2.01. The first-order chi connectivity index (χ1) is 6.61. The minimum atomic E-state index is -0.581. The maximum absolute atomic E-state index is 11.2. The molecule has 0 saturated heterocycles. The largest absolute Gasteiger partial charge is 2.00 e. The second-order valence-electron chi connectivity index (χ2n) is 2.87. The van der Waals surface area contributed by atoms with E-state index in [-0.39, 0.29) is 90.4 Å². The third-order valence-electron chi connectivity index (χ3n) is 2.01. The van der Waals surface area contributed by atoms with Crippen LogP contribution in [0.3, 0.4) is 0 Å². The number of hydrogen-bond acceptors (Lipinski definition) is 6. The van der Waals surface area contributed by atoms with Gasteiger partial charge in [0.25, 0.3) is 0 Å². The van der Waals surface area contributed by atoms with Gasteiger partial charge in [-0.1, -0.05) is 23.6 Å². The van der Waals surface area contributed by atoms with Crippen molar-refractivity contribution in [3.05, 3.63) is 35.4 Å². The third kappa shape index (κ3) is 5.64. The fourth-order valence-corrected chi connectivity index (χ4v) is 1.37. The van der Waals surface area contributed by atoms with Crippen molar-refractivity contribution in [3.63, 3.8) is 0 Å². The maximum Gasteiger partial charge on any atom is 2.00 e. The van der Waals surface area contributed by atoms with Crippen LogP contribution in [0, 0.1) is 0 Å². The number of benzene rings is 1. The van der Waals surface area contributed by atoms with Crippen molar-refractivity contribution in [1.29, 1.82) is 0 Å². The van der Waals surface area contributed by atoms with Gasteiger partial charge in [-0.25, -0.2) is 0 Å². The Hall–Kier alpha value is -0.223. The quantitative estimate of drug-likeness (QED) is 0.279. The summed E-state index contributed by atoms with van der Waals surface area (Å²) in [6.07, 6.45) is 2.01. The molecule has 0 amide bonds. The summed E-state index contributed by atoms with van der Waals surface area (Å²) in [5.74, 6) is -2.32. The summed E-state index contributed by atoms with van der Waals surface area (Å²) >= 11 is 0.